The van der Waals surface area contributed by atoms with Crippen molar-refractivity contribution < 1.29 is 13.2 Å². The highest BCUT2D eigenvalue weighted by Crippen LogP contribution is 2.31. The third-order valence-electron chi connectivity index (χ3n) is 4.93. The van der Waals surface area contributed by atoms with Gasteiger partial charge < -0.3 is 0 Å². The number of amides is 1. The lowest BCUT2D eigenvalue weighted by Gasteiger charge is -2.25. The van der Waals surface area contributed by atoms with Gasteiger partial charge in [-0.2, -0.15) is 5.10 Å². The monoisotopic (exact) mass is 369 g/mol. The molecule has 1 aliphatic carbocycles. The first-order valence-corrected chi connectivity index (χ1v) is 10.2. The van der Waals surface area contributed by atoms with Crippen LogP contribution < -0.4 is 0 Å². The van der Waals surface area contributed by atoms with Crippen LogP contribution in [-0.4, -0.2) is 41.8 Å². The third-order valence-corrected chi connectivity index (χ3v) is 7.19. The summed E-state index contributed by atoms with van der Waals surface area (Å²) in [7, 11) is -3.27. The Kier molecular flexibility index (Phi) is 4.32. The normalized spacial score (nSPS) is 17.7. The maximum absolute atomic E-state index is 12.6. The summed E-state index contributed by atoms with van der Waals surface area (Å²) in [5.74, 6) is -0.202. The van der Waals surface area contributed by atoms with E-state index in [1.54, 1.807) is 36.5 Å². The smallest absolute Gasteiger partial charge is 0.267 e. The van der Waals surface area contributed by atoms with Crippen LogP contribution in [0.25, 0.3) is 0 Å². The number of nitrogens with zero attached hydrogens (tertiary/aromatic N) is 3. The fourth-order valence-electron chi connectivity index (χ4n) is 3.17. The van der Waals surface area contributed by atoms with Crippen LogP contribution in [0.4, 0.5) is 0 Å². The van der Waals surface area contributed by atoms with Gasteiger partial charge in [0.25, 0.3) is 5.91 Å². The minimum atomic E-state index is -3.27. The molecule has 0 radical (unpaired) electrons. The van der Waals surface area contributed by atoms with Gasteiger partial charge in [-0.05, 0) is 42.7 Å². The largest absolute Gasteiger partial charge is 0.275 e. The minimum absolute atomic E-state index is 0.202. The Labute approximate surface area is 152 Å². The molecule has 1 aromatic carbocycles. The first-order valence-electron chi connectivity index (χ1n) is 8.69. The molecule has 1 aliphatic heterocycles. The van der Waals surface area contributed by atoms with E-state index in [1.165, 1.54) is 11.2 Å². The van der Waals surface area contributed by atoms with Gasteiger partial charge in [0, 0.05) is 18.8 Å². The molecule has 2 aromatic rings. The van der Waals surface area contributed by atoms with E-state index in [0.29, 0.717) is 23.4 Å². The Balaban J connectivity index is 1.59. The molecule has 26 heavy (non-hydrogen) atoms. The summed E-state index contributed by atoms with van der Waals surface area (Å²) in [5.41, 5.74) is 1.97. The molecule has 0 unspecified atom stereocenters. The number of benzene rings is 1. The molecule has 1 amide bonds. The van der Waals surface area contributed by atoms with Gasteiger partial charge in [-0.3, -0.25) is 9.78 Å². The van der Waals surface area contributed by atoms with Gasteiger partial charge in [0.1, 0.15) is 0 Å². The molecule has 134 valence electrons. The van der Waals surface area contributed by atoms with Gasteiger partial charge in [0.05, 0.1) is 28.0 Å². The molecule has 2 heterocycles. The second-order valence-corrected chi connectivity index (χ2v) is 8.82. The van der Waals surface area contributed by atoms with Gasteiger partial charge in [0.2, 0.25) is 0 Å². The fraction of sp³-hybridized carbons (Fsp3) is 0.316. The Morgan fingerprint density at radius 1 is 1.15 bits per heavy atom. The molecule has 7 heteroatoms. The van der Waals surface area contributed by atoms with Crippen molar-refractivity contribution in [1.82, 2.24) is 9.99 Å². The highest BCUT2D eigenvalue weighted by molar-refractivity contribution is 7.92. The van der Waals surface area contributed by atoms with Crippen molar-refractivity contribution in [2.45, 2.75) is 35.8 Å². The van der Waals surface area contributed by atoms with Crippen LogP contribution in [-0.2, 0) is 9.84 Å². The first kappa shape index (κ1) is 16.9. The van der Waals surface area contributed by atoms with Crippen LogP contribution in [0, 0.1) is 0 Å². The zero-order chi connectivity index (χ0) is 18.1. The first-order chi connectivity index (χ1) is 12.6. The number of pyridine rings is 1. The van der Waals surface area contributed by atoms with Crippen molar-refractivity contribution in [3.8, 4) is 0 Å². The number of carbonyl (C=O) groups excluding carboxylic acids is 1. The van der Waals surface area contributed by atoms with E-state index in [2.05, 4.69) is 10.1 Å². The Hall–Kier alpha value is -2.54. The topological polar surface area (TPSA) is 79.7 Å². The van der Waals surface area contributed by atoms with Crippen molar-refractivity contribution >= 4 is 21.5 Å². The number of sulfone groups is 1. The van der Waals surface area contributed by atoms with Crippen molar-refractivity contribution in [3.63, 3.8) is 0 Å². The fourth-order valence-corrected chi connectivity index (χ4v) is 5.07. The maximum atomic E-state index is 12.6. The molecule has 6 nitrogen and oxygen atoms in total. The van der Waals surface area contributed by atoms with Gasteiger partial charge in [-0.15, -0.1) is 0 Å². The highest BCUT2D eigenvalue weighted by atomic mass is 32.2. The number of rotatable bonds is 4. The van der Waals surface area contributed by atoms with E-state index in [9.17, 15) is 13.2 Å². The molecule has 0 bridgehead atoms. The van der Waals surface area contributed by atoms with Crippen molar-refractivity contribution in [2.75, 3.05) is 6.54 Å². The van der Waals surface area contributed by atoms with Crippen molar-refractivity contribution in [3.05, 3.63) is 59.9 Å². The van der Waals surface area contributed by atoms with Gasteiger partial charge >= 0.3 is 0 Å². The molecule has 0 N–H and O–H groups in total. The maximum Gasteiger partial charge on any atom is 0.275 e. The lowest BCUT2D eigenvalue weighted by Crippen LogP contribution is -2.28. The average molecular weight is 369 g/mol. The van der Waals surface area contributed by atoms with E-state index in [0.717, 1.165) is 30.5 Å². The molecule has 1 saturated carbocycles. The van der Waals surface area contributed by atoms with Crippen molar-refractivity contribution in [1.29, 1.82) is 0 Å². The second-order valence-electron chi connectivity index (χ2n) is 6.59. The summed E-state index contributed by atoms with van der Waals surface area (Å²) >= 11 is 0. The number of carbonyl (C=O) groups is 1. The lowest BCUT2D eigenvalue weighted by molar-refractivity contribution is 0.0778. The summed E-state index contributed by atoms with van der Waals surface area (Å²) in [6.07, 6.45) is 6.17. The summed E-state index contributed by atoms with van der Waals surface area (Å²) < 4.78 is 25.3. The van der Waals surface area contributed by atoms with Crippen LogP contribution in [0.3, 0.4) is 0 Å². The lowest BCUT2D eigenvalue weighted by atomic mass is 10.00. The molecule has 2 aliphatic rings. The Morgan fingerprint density at radius 2 is 2.00 bits per heavy atom. The average Bonchev–Trinajstić information content (AvgIpc) is 3.10. The molecule has 1 fully saturated rings. The number of hydrazone groups is 1. The standard InChI is InChI=1S/C19H19N3O3S/c23-19(15-5-3-10-20-13-15)22-11-9-18(21-22)14-4-1-8-17(12-14)26(24,25)16-6-2-7-16/h1,3-5,8,10,12-13,16H,2,6-7,9,11H2. The van der Waals surface area contributed by atoms with Gasteiger partial charge in [0.15, 0.2) is 9.84 Å². The van der Waals surface area contributed by atoms with E-state index in [-0.39, 0.29) is 11.2 Å². The Bertz CT molecular complexity index is 967. The van der Waals surface area contributed by atoms with Crippen LogP contribution in [0.1, 0.15) is 41.6 Å². The predicted molar refractivity (Wildman–Crippen MR) is 97.7 cm³/mol. The predicted octanol–water partition coefficient (Wildman–Crippen LogP) is 2.66. The SMILES string of the molecule is O=C(c1cccnc1)N1CCC(c2cccc(S(=O)(=O)C3CCC3)c2)=N1. The number of hydrogen-bond acceptors (Lipinski definition) is 5. The zero-order valence-corrected chi connectivity index (χ0v) is 15.0. The van der Waals surface area contributed by atoms with E-state index in [4.69, 9.17) is 0 Å². The molecular formula is C19H19N3O3S. The summed E-state index contributed by atoms with van der Waals surface area (Å²) in [6.45, 7) is 0.475. The highest BCUT2D eigenvalue weighted by Gasteiger charge is 2.33. The molecule has 0 atom stereocenters. The van der Waals surface area contributed by atoms with E-state index >= 15 is 0 Å². The van der Waals surface area contributed by atoms with E-state index in [1.807, 2.05) is 6.07 Å². The van der Waals surface area contributed by atoms with Crippen LogP contribution >= 0.6 is 0 Å². The minimum Gasteiger partial charge on any atom is -0.267 e. The van der Waals surface area contributed by atoms with Gasteiger partial charge in [-0.25, -0.2) is 13.4 Å². The van der Waals surface area contributed by atoms with Crippen LogP contribution in [0.15, 0.2) is 58.8 Å². The van der Waals surface area contributed by atoms with Crippen LogP contribution in [0.2, 0.25) is 0 Å². The molecule has 1 aromatic heterocycles. The quantitative estimate of drug-likeness (QED) is 0.830. The summed E-state index contributed by atoms with van der Waals surface area (Å²) in [4.78, 5) is 16.8. The van der Waals surface area contributed by atoms with Crippen LogP contribution in [0.5, 0.6) is 0 Å². The molecule has 0 saturated heterocycles. The number of aromatic nitrogens is 1. The third kappa shape index (κ3) is 3.03. The molecular weight excluding hydrogens is 350 g/mol. The zero-order valence-electron chi connectivity index (χ0n) is 14.2. The molecule has 4 rings (SSSR count). The summed E-state index contributed by atoms with van der Waals surface area (Å²) in [5, 5.41) is 5.57. The van der Waals surface area contributed by atoms with E-state index < -0.39 is 9.84 Å². The van der Waals surface area contributed by atoms with Gasteiger partial charge in [-0.1, -0.05) is 18.6 Å². The second kappa shape index (κ2) is 6.64. The van der Waals surface area contributed by atoms with Crippen molar-refractivity contribution in [2.24, 2.45) is 5.10 Å². The number of hydrogen-bond donors (Lipinski definition) is 0. The summed E-state index contributed by atoms with van der Waals surface area (Å²) in [6, 6.07) is 10.3. The molecule has 0 spiro atoms. The Morgan fingerprint density at radius 3 is 2.69 bits per heavy atom.